The first kappa shape index (κ1) is 14.9. The van der Waals surface area contributed by atoms with Gasteiger partial charge in [0.1, 0.15) is 5.95 Å². The summed E-state index contributed by atoms with van der Waals surface area (Å²) in [5, 5.41) is 19.2. The van der Waals surface area contributed by atoms with E-state index in [2.05, 4.69) is 48.4 Å². The number of aromatic nitrogens is 2. The van der Waals surface area contributed by atoms with Crippen LogP contribution in [0.15, 0.2) is 68.8 Å². The molecule has 1 atom stereocenters. The van der Waals surface area contributed by atoms with Crippen LogP contribution < -0.4 is 15.2 Å². The van der Waals surface area contributed by atoms with Crippen molar-refractivity contribution in [2.24, 2.45) is 5.10 Å². The summed E-state index contributed by atoms with van der Waals surface area (Å²) < 4.78 is 7.01. The van der Waals surface area contributed by atoms with E-state index >= 15 is 0 Å². The molecule has 0 bridgehead atoms. The molecule has 0 saturated carbocycles. The molecule has 2 heterocycles. The summed E-state index contributed by atoms with van der Waals surface area (Å²) in [6.45, 7) is 0. The third-order valence-corrected chi connectivity index (χ3v) is 4.47. The van der Waals surface area contributed by atoms with E-state index in [4.69, 9.17) is 0 Å². The lowest BCUT2D eigenvalue weighted by Gasteiger charge is -2.10. The number of halogens is 1. The van der Waals surface area contributed by atoms with Crippen LogP contribution in [0.3, 0.4) is 0 Å². The van der Waals surface area contributed by atoms with Crippen molar-refractivity contribution >= 4 is 21.6 Å². The number of rotatable bonds is 3. The van der Waals surface area contributed by atoms with Crippen LogP contribution >= 0.6 is 15.9 Å². The van der Waals surface area contributed by atoms with Crippen molar-refractivity contribution in [2.45, 2.75) is 12.5 Å². The topological polar surface area (TPSA) is 77.4 Å². The van der Waals surface area contributed by atoms with Gasteiger partial charge in [-0.15, -0.1) is 0 Å². The molecule has 1 aliphatic rings. The van der Waals surface area contributed by atoms with Crippen LogP contribution in [0, 0.1) is 0 Å². The lowest BCUT2D eigenvalue weighted by Crippen LogP contribution is -2.31. The van der Waals surface area contributed by atoms with Crippen molar-refractivity contribution in [3.63, 3.8) is 0 Å². The molecule has 24 heavy (non-hydrogen) atoms. The van der Waals surface area contributed by atoms with E-state index in [-0.39, 0.29) is 6.04 Å². The SMILES string of the molecule is [O-]c1c[n+](-c2ccc(C3=NNC(c4ccc(Br)cc4)C3)cc2)no1. The van der Waals surface area contributed by atoms with Crippen LogP contribution in [-0.4, -0.2) is 11.0 Å². The Bertz CT molecular complexity index is 888. The minimum Gasteiger partial charge on any atom is -0.539 e. The summed E-state index contributed by atoms with van der Waals surface area (Å²) in [6, 6.07) is 16.1. The highest BCUT2D eigenvalue weighted by atomic mass is 79.9. The number of hydrogen-bond donors (Lipinski definition) is 1. The molecule has 0 radical (unpaired) electrons. The molecule has 1 aromatic heterocycles. The van der Waals surface area contributed by atoms with Crippen LogP contribution in [0.4, 0.5) is 0 Å². The van der Waals surface area contributed by atoms with Crippen molar-refractivity contribution < 1.29 is 14.3 Å². The van der Waals surface area contributed by atoms with Crippen molar-refractivity contribution in [3.8, 4) is 11.6 Å². The highest BCUT2D eigenvalue weighted by molar-refractivity contribution is 9.10. The van der Waals surface area contributed by atoms with Gasteiger partial charge in [-0.05, 0) is 40.1 Å². The standard InChI is InChI=1S/C17H13BrN4O2/c18-13-5-1-11(2-6-13)15-9-16(20-19-15)12-3-7-14(8-4-12)22-10-17(23)24-21-22/h1-8,10,15H,9H2,(H-,19,21,23). The predicted molar refractivity (Wildman–Crippen MR) is 88.7 cm³/mol. The molecular formula is C17H13BrN4O2. The maximum absolute atomic E-state index is 11.1. The summed E-state index contributed by atoms with van der Waals surface area (Å²) in [6.07, 6.45) is 2.12. The third-order valence-electron chi connectivity index (χ3n) is 3.94. The Kier molecular flexibility index (Phi) is 3.78. The molecule has 0 saturated heterocycles. The van der Waals surface area contributed by atoms with Crippen molar-refractivity contribution in [1.82, 2.24) is 10.7 Å². The molecule has 6 nitrogen and oxygen atoms in total. The van der Waals surface area contributed by atoms with Gasteiger partial charge in [-0.2, -0.15) is 5.10 Å². The van der Waals surface area contributed by atoms with E-state index in [9.17, 15) is 5.11 Å². The molecule has 0 aliphatic carbocycles. The molecule has 4 rings (SSSR count). The van der Waals surface area contributed by atoms with E-state index in [1.54, 1.807) is 0 Å². The fourth-order valence-electron chi connectivity index (χ4n) is 2.67. The minimum absolute atomic E-state index is 0.181. The van der Waals surface area contributed by atoms with Gasteiger partial charge in [0.25, 0.3) is 0 Å². The molecule has 1 aliphatic heterocycles. The second kappa shape index (κ2) is 6.09. The lowest BCUT2D eigenvalue weighted by molar-refractivity contribution is -0.670. The van der Waals surface area contributed by atoms with Gasteiger partial charge in [0.2, 0.25) is 11.9 Å². The first-order valence-electron chi connectivity index (χ1n) is 7.43. The van der Waals surface area contributed by atoms with E-state index in [0.29, 0.717) is 0 Å². The summed E-state index contributed by atoms with van der Waals surface area (Å²) >= 11 is 3.45. The van der Waals surface area contributed by atoms with Crippen LogP contribution in [0.5, 0.6) is 5.95 Å². The van der Waals surface area contributed by atoms with Gasteiger partial charge in [0.15, 0.2) is 0 Å². The monoisotopic (exact) mass is 384 g/mol. The predicted octanol–water partition coefficient (Wildman–Crippen LogP) is 2.23. The number of nitrogens with zero attached hydrogens (tertiary/aromatic N) is 3. The number of hydrogen-bond acceptors (Lipinski definition) is 5. The summed E-state index contributed by atoms with van der Waals surface area (Å²) in [5.74, 6) is -0.471. The number of hydrazone groups is 1. The quantitative estimate of drug-likeness (QED) is 0.702. The molecule has 120 valence electrons. The van der Waals surface area contributed by atoms with Crippen LogP contribution in [0.25, 0.3) is 5.69 Å². The fraction of sp³-hybridized carbons (Fsp3) is 0.118. The van der Waals surface area contributed by atoms with Gasteiger partial charge in [0, 0.05) is 23.0 Å². The minimum atomic E-state index is -0.471. The van der Waals surface area contributed by atoms with Gasteiger partial charge in [-0.3, -0.25) is 0 Å². The van der Waals surface area contributed by atoms with Crippen molar-refractivity contribution in [3.05, 3.63) is 70.3 Å². The maximum Gasteiger partial charge on any atom is 0.239 e. The van der Waals surface area contributed by atoms with Gasteiger partial charge in [0.05, 0.1) is 17.0 Å². The summed E-state index contributed by atoms with van der Waals surface area (Å²) in [5.41, 5.74) is 7.20. The molecule has 0 amide bonds. The molecular weight excluding hydrogens is 372 g/mol. The Morgan fingerprint density at radius 1 is 1.12 bits per heavy atom. The Labute approximate surface area is 146 Å². The van der Waals surface area contributed by atoms with Crippen molar-refractivity contribution in [2.75, 3.05) is 0 Å². The Morgan fingerprint density at radius 3 is 2.54 bits per heavy atom. The summed E-state index contributed by atoms with van der Waals surface area (Å²) in [7, 11) is 0. The van der Waals surface area contributed by atoms with Gasteiger partial charge < -0.3 is 15.1 Å². The van der Waals surface area contributed by atoms with Crippen LogP contribution in [0.2, 0.25) is 0 Å². The molecule has 0 spiro atoms. The van der Waals surface area contributed by atoms with Crippen LogP contribution in [-0.2, 0) is 0 Å². The highest BCUT2D eigenvalue weighted by Crippen LogP contribution is 2.25. The zero-order valence-corrected chi connectivity index (χ0v) is 14.1. The van der Waals surface area contributed by atoms with Gasteiger partial charge in [-0.1, -0.05) is 28.1 Å². The lowest BCUT2D eigenvalue weighted by atomic mass is 9.99. The second-order valence-corrected chi connectivity index (χ2v) is 6.42. The maximum atomic E-state index is 11.1. The molecule has 1 unspecified atom stereocenters. The highest BCUT2D eigenvalue weighted by Gasteiger charge is 2.21. The van der Waals surface area contributed by atoms with Crippen LogP contribution in [0.1, 0.15) is 23.6 Å². The molecule has 1 N–H and O–H groups in total. The Morgan fingerprint density at radius 2 is 1.88 bits per heavy atom. The third kappa shape index (κ3) is 2.90. The van der Waals surface area contributed by atoms with E-state index in [1.165, 1.54) is 16.4 Å². The Balaban J connectivity index is 1.49. The molecule has 2 aromatic carbocycles. The van der Waals surface area contributed by atoms with E-state index in [0.717, 1.165) is 27.9 Å². The van der Waals surface area contributed by atoms with Crippen molar-refractivity contribution in [1.29, 1.82) is 0 Å². The zero-order valence-electron chi connectivity index (χ0n) is 12.5. The van der Waals surface area contributed by atoms with Gasteiger partial charge in [-0.25, -0.2) is 0 Å². The average Bonchev–Trinajstić information content (AvgIpc) is 3.25. The molecule has 7 heteroatoms. The average molecular weight is 385 g/mol. The van der Waals surface area contributed by atoms with E-state index in [1.807, 2.05) is 36.4 Å². The number of benzene rings is 2. The fourth-order valence-corrected chi connectivity index (χ4v) is 2.93. The smallest absolute Gasteiger partial charge is 0.239 e. The van der Waals surface area contributed by atoms with E-state index < -0.39 is 5.95 Å². The molecule has 3 aromatic rings. The Hall–Kier alpha value is -2.67. The normalized spacial score (nSPS) is 16.7. The first-order chi connectivity index (χ1) is 11.7. The molecule has 0 fully saturated rings. The first-order valence-corrected chi connectivity index (χ1v) is 8.22. The zero-order chi connectivity index (χ0) is 16.5. The summed E-state index contributed by atoms with van der Waals surface area (Å²) in [4.78, 5) is 0. The second-order valence-electron chi connectivity index (χ2n) is 5.51. The largest absolute Gasteiger partial charge is 0.539 e. The number of nitrogens with one attached hydrogen (secondary N) is 1. The van der Waals surface area contributed by atoms with Gasteiger partial charge >= 0.3 is 0 Å².